The standard InChI is InChI=1S/C13H20N2O6/c16-4-2-1-3-8-6-15(13(20)14-12(8)19)11-5-9(18)10(7-17)21-11/h6,9-11,16-18H,1-5,7H2,(H,14,19,20)/t9?,10-,11-/m0/s1. The Morgan fingerprint density at radius 3 is 2.71 bits per heavy atom. The summed E-state index contributed by atoms with van der Waals surface area (Å²) < 4.78 is 6.64. The molecule has 8 nitrogen and oxygen atoms in total. The molecule has 21 heavy (non-hydrogen) atoms. The molecule has 0 saturated carbocycles. The SMILES string of the molecule is O=c1[nH]c(=O)n([C@@H]2CC(O)[C@H](CO)O2)cc1CCCCO. The Bertz CT molecular complexity index is 581. The molecular weight excluding hydrogens is 280 g/mol. The molecule has 1 unspecified atom stereocenters. The number of nitrogens with zero attached hydrogens (tertiary/aromatic N) is 1. The van der Waals surface area contributed by atoms with Crippen molar-refractivity contribution in [2.24, 2.45) is 0 Å². The van der Waals surface area contributed by atoms with E-state index in [4.69, 9.17) is 14.9 Å². The van der Waals surface area contributed by atoms with Gasteiger partial charge in [0.25, 0.3) is 5.56 Å². The number of aromatic nitrogens is 2. The smallest absolute Gasteiger partial charge is 0.330 e. The number of aromatic amines is 1. The molecule has 2 rings (SSSR count). The van der Waals surface area contributed by atoms with E-state index >= 15 is 0 Å². The zero-order valence-electron chi connectivity index (χ0n) is 11.6. The summed E-state index contributed by atoms with van der Waals surface area (Å²) in [4.78, 5) is 25.8. The lowest BCUT2D eigenvalue weighted by Crippen LogP contribution is -2.34. The lowest BCUT2D eigenvalue weighted by atomic mass is 10.1. The van der Waals surface area contributed by atoms with Crippen molar-refractivity contribution in [2.75, 3.05) is 13.2 Å². The summed E-state index contributed by atoms with van der Waals surface area (Å²) in [6.45, 7) is -0.285. The summed E-state index contributed by atoms with van der Waals surface area (Å²) in [5.74, 6) is 0. The van der Waals surface area contributed by atoms with Gasteiger partial charge >= 0.3 is 5.69 Å². The number of ether oxygens (including phenoxy) is 1. The van der Waals surface area contributed by atoms with Crippen LogP contribution in [-0.4, -0.2) is 50.3 Å². The Morgan fingerprint density at radius 1 is 1.33 bits per heavy atom. The maximum absolute atomic E-state index is 11.9. The fraction of sp³-hybridized carbons (Fsp3) is 0.692. The molecule has 1 aromatic rings. The lowest BCUT2D eigenvalue weighted by Gasteiger charge is -2.15. The van der Waals surface area contributed by atoms with Gasteiger partial charge in [0.2, 0.25) is 0 Å². The van der Waals surface area contributed by atoms with Gasteiger partial charge in [-0.15, -0.1) is 0 Å². The normalized spacial score (nSPS) is 25.4. The molecule has 0 amide bonds. The summed E-state index contributed by atoms with van der Waals surface area (Å²) in [5.41, 5.74) is -0.637. The summed E-state index contributed by atoms with van der Waals surface area (Å²) in [6, 6.07) is 0. The average Bonchev–Trinajstić information content (AvgIpc) is 2.82. The van der Waals surface area contributed by atoms with Gasteiger partial charge in [-0.05, 0) is 19.3 Å². The van der Waals surface area contributed by atoms with Gasteiger partial charge in [-0.2, -0.15) is 0 Å². The lowest BCUT2D eigenvalue weighted by molar-refractivity contribution is -0.0460. The van der Waals surface area contributed by atoms with Crippen LogP contribution in [0.1, 0.15) is 31.1 Å². The van der Waals surface area contributed by atoms with Gasteiger partial charge in [0.1, 0.15) is 12.3 Å². The molecule has 1 aromatic heterocycles. The van der Waals surface area contributed by atoms with Crippen LogP contribution in [0.25, 0.3) is 0 Å². The van der Waals surface area contributed by atoms with E-state index in [1.165, 1.54) is 10.8 Å². The van der Waals surface area contributed by atoms with E-state index in [1.54, 1.807) is 0 Å². The van der Waals surface area contributed by atoms with Crippen LogP contribution in [0.5, 0.6) is 0 Å². The van der Waals surface area contributed by atoms with Crippen LogP contribution >= 0.6 is 0 Å². The van der Waals surface area contributed by atoms with Crippen molar-refractivity contribution in [3.8, 4) is 0 Å². The van der Waals surface area contributed by atoms with E-state index in [9.17, 15) is 14.7 Å². The molecule has 1 aliphatic rings. The molecule has 118 valence electrons. The van der Waals surface area contributed by atoms with Crippen molar-refractivity contribution in [1.29, 1.82) is 0 Å². The highest BCUT2D eigenvalue weighted by Gasteiger charge is 2.35. The minimum absolute atomic E-state index is 0.0493. The molecule has 0 aromatic carbocycles. The number of unbranched alkanes of at least 4 members (excludes halogenated alkanes) is 1. The van der Waals surface area contributed by atoms with E-state index < -0.39 is 29.7 Å². The second-order valence-corrected chi connectivity index (χ2v) is 5.12. The van der Waals surface area contributed by atoms with E-state index in [2.05, 4.69) is 4.98 Å². The van der Waals surface area contributed by atoms with Gasteiger partial charge < -0.3 is 20.1 Å². The highest BCUT2D eigenvalue weighted by atomic mass is 16.5. The number of nitrogens with one attached hydrogen (secondary N) is 1. The third-order valence-electron chi connectivity index (χ3n) is 3.59. The van der Waals surface area contributed by atoms with Crippen molar-refractivity contribution in [3.63, 3.8) is 0 Å². The molecule has 0 aliphatic carbocycles. The maximum Gasteiger partial charge on any atom is 0.330 e. The first-order chi connectivity index (χ1) is 10.1. The van der Waals surface area contributed by atoms with Crippen molar-refractivity contribution in [1.82, 2.24) is 9.55 Å². The molecule has 1 fully saturated rings. The van der Waals surface area contributed by atoms with Crippen LogP contribution in [-0.2, 0) is 11.2 Å². The minimum atomic E-state index is -0.850. The van der Waals surface area contributed by atoms with Crippen LogP contribution in [0.15, 0.2) is 15.8 Å². The molecule has 0 radical (unpaired) electrons. The topological polar surface area (TPSA) is 125 Å². The summed E-state index contributed by atoms with van der Waals surface area (Å²) in [6.07, 6.45) is 0.953. The second kappa shape index (κ2) is 6.99. The van der Waals surface area contributed by atoms with E-state index in [1.807, 2.05) is 0 Å². The molecule has 0 bridgehead atoms. The zero-order chi connectivity index (χ0) is 15.4. The third-order valence-corrected chi connectivity index (χ3v) is 3.59. The number of H-pyrrole nitrogens is 1. The largest absolute Gasteiger partial charge is 0.396 e. The van der Waals surface area contributed by atoms with Crippen LogP contribution in [0.2, 0.25) is 0 Å². The maximum atomic E-state index is 11.9. The van der Waals surface area contributed by atoms with Gasteiger partial charge in [-0.1, -0.05) is 0 Å². The fourth-order valence-corrected chi connectivity index (χ4v) is 2.40. The number of rotatable bonds is 6. The Labute approximate surface area is 120 Å². The Balaban J connectivity index is 2.22. The number of aliphatic hydroxyl groups excluding tert-OH is 3. The van der Waals surface area contributed by atoms with Crippen LogP contribution in [0, 0.1) is 0 Å². The van der Waals surface area contributed by atoms with Crippen molar-refractivity contribution < 1.29 is 20.1 Å². The first-order valence-corrected chi connectivity index (χ1v) is 6.96. The monoisotopic (exact) mass is 300 g/mol. The Hall–Kier alpha value is -1.48. The first kappa shape index (κ1) is 15.9. The predicted molar refractivity (Wildman–Crippen MR) is 73.0 cm³/mol. The first-order valence-electron chi connectivity index (χ1n) is 6.96. The number of hydrogen-bond donors (Lipinski definition) is 4. The fourth-order valence-electron chi connectivity index (χ4n) is 2.40. The van der Waals surface area contributed by atoms with Crippen molar-refractivity contribution in [3.05, 3.63) is 32.6 Å². The highest BCUT2D eigenvalue weighted by Crippen LogP contribution is 2.27. The van der Waals surface area contributed by atoms with Crippen LogP contribution < -0.4 is 11.2 Å². The van der Waals surface area contributed by atoms with E-state index in [0.29, 0.717) is 24.8 Å². The third kappa shape index (κ3) is 3.59. The van der Waals surface area contributed by atoms with Crippen molar-refractivity contribution in [2.45, 2.75) is 44.1 Å². The molecule has 8 heteroatoms. The Kier molecular flexibility index (Phi) is 5.29. The quantitative estimate of drug-likeness (QED) is 0.474. The average molecular weight is 300 g/mol. The molecule has 2 heterocycles. The minimum Gasteiger partial charge on any atom is -0.396 e. The zero-order valence-corrected chi connectivity index (χ0v) is 11.6. The van der Waals surface area contributed by atoms with Crippen LogP contribution in [0.3, 0.4) is 0 Å². The van der Waals surface area contributed by atoms with Gasteiger partial charge in [0.15, 0.2) is 0 Å². The van der Waals surface area contributed by atoms with Crippen LogP contribution in [0.4, 0.5) is 0 Å². The van der Waals surface area contributed by atoms with Gasteiger partial charge in [0.05, 0.1) is 12.7 Å². The van der Waals surface area contributed by atoms with Gasteiger partial charge in [-0.25, -0.2) is 4.79 Å². The Morgan fingerprint density at radius 2 is 2.10 bits per heavy atom. The molecule has 3 atom stereocenters. The molecule has 1 saturated heterocycles. The molecule has 0 spiro atoms. The van der Waals surface area contributed by atoms with Gasteiger partial charge in [-0.3, -0.25) is 14.3 Å². The predicted octanol–water partition coefficient (Wildman–Crippen LogP) is -1.51. The summed E-state index contributed by atoms with van der Waals surface area (Å²) in [7, 11) is 0. The van der Waals surface area contributed by atoms with E-state index in [0.717, 1.165) is 0 Å². The highest BCUT2D eigenvalue weighted by molar-refractivity contribution is 5.05. The van der Waals surface area contributed by atoms with Gasteiger partial charge in [0, 0.05) is 24.8 Å². The second-order valence-electron chi connectivity index (χ2n) is 5.12. The molecular formula is C13H20N2O6. The number of aryl methyl sites for hydroxylation is 1. The van der Waals surface area contributed by atoms with Crippen molar-refractivity contribution >= 4 is 0 Å². The summed E-state index contributed by atoms with van der Waals surface area (Å²) in [5, 5.41) is 27.5. The summed E-state index contributed by atoms with van der Waals surface area (Å²) >= 11 is 0. The molecule has 4 N–H and O–H groups in total. The number of aliphatic hydroxyl groups is 3. The number of hydrogen-bond acceptors (Lipinski definition) is 6. The van der Waals surface area contributed by atoms with E-state index in [-0.39, 0.29) is 19.6 Å². The molecule has 1 aliphatic heterocycles.